The molecule has 34 heavy (non-hydrogen) atoms. The van der Waals surface area contributed by atoms with E-state index in [1.807, 2.05) is 5.57 Å². The molecule has 0 radical (unpaired) electrons. The van der Waals surface area contributed by atoms with Gasteiger partial charge in [0.2, 0.25) is 0 Å². The van der Waals surface area contributed by atoms with E-state index in [-0.39, 0.29) is 0 Å². The fourth-order valence-corrected chi connectivity index (χ4v) is 9.76. The zero-order chi connectivity index (χ0) is 24.1. The number of hydrogen-bond donors (Lipinski definition) is 0. The second kappa shape index (κ2) is 9.40. The molecule has 1 aromatic heterocycles. The monoisotopic (exact) mass is 462 g/mol. The lowest BCUT2D eigenvalue weighted by molar-refractivity contribution is -0.725. The fourth-order valence-electron chi connectivity index (χ4n) is 9.76. The molecule has 1 heterocycles. The highest BCUT2D eigenvalue weighted by Crippen LogP contribution is 2.67. The van der Waals surface area contributed by atoms with Crippen LogP contribution in [0.2, 0.25) is 0 Å². The van der Waals surface area contributed by atoms with E-state index >= 15 is 0 Å². The normalized spacial score (nSPS) is 40.3. The minimum atomic E-state index is 0.464. The number of pyridine rings is 1. The Labute approximate surface area is 210 Å². The molecule has 3 saturated carbocycles. The molecular weight excluding hydrogens is 410 g/mol. The number of aromatic nitrogens is 1. The van der Waals surface area contributed by atoms with E-state index in [9.17, 15) is 0 Å². The van der Waals surface area contributed by atoms with Crippen LogP contribution in [0.5, 0.6) is 0 Å². The molecular formula is C33H52N+. The number of aryl methyl sites for hydroxylation is 1. The lowest BCUT2D eigenvalue weighted by Crippen LogP contribution is -2.52. The summed E-state index contributed by atoms with van der Waals surface area (Å²) in [5, 5.41) is 0. The topological polar surface area (TPSA) is 3.88 Å². The predicted octanol–water partition coefficient (Wildman–Crippen LogP) is 8.87. The summed E-state index contributed by atoms with van der Waals surface area (Å²) >= 11 is 0. The SMILES string of the molecule is Cc1ccc[n+]([C@H]2CC[C@@]3(C)C(=CC[C@H]4[C@@H]5CC[C@H]([C@@H](C)CCCC(C)C)[C@@]5(C)CC[C@@H]43)C2)c1. The van der Waals surface area contributed by atoms with Gasteiger partial charge in [0.25, 0.3) is 0 Å². The highest BCUT2D eigenvalue weighted by molar-refractivity contribution is 5.25. The van der Waals surface area contributed by atoms with Crippen molar-refractivity contribution in [2.45, 2.75) is 118 Å². The molecule has 188 valence electrons. The molecule has 4 aliphatic carbocycles. The number of fused-ring (bicyclic) bond motifs is 5. The molecule has 0 saturated heterocycles. The fraction of sp³-hybridized carbons (Fsp3) is 0.788. The van der Waals surface area contributed by atoms with Crippen LogP contribution >= 0.6 is 0 Å². The highest BCUT2D eigenvalue weighted by atomic mass is 15.0. The maximum absolute atomic E-state index is 2.76. The zero-order valence-corrected chi connectivity index (χ0v) is 23.2. The summed E-state index contributed by atoms with van der Waals surface area (Å²) in [6.07, 6.45) is 23.1. The van der Waals surface area contributed by atoms with Crippen molar-refractivity contribution in [3.8, 4) is 0 Å². The van der Waals surface area contributed by atoms with Crippen molar-refractivity contribution in [1.29, 1.82) is 0 Å². The summed E-state index contributed by atoms with van der Waals surface area (Å²) in [7, 11) is 0. The minimum Gasteiger partial charge on any atom is -0.202 e. The third kappa shape index (κ3) is 4.22. The molecule has 4 aliphatic rings. The van der Waals surface area contributed by atoms with E-state index in [1.165, 1.54) is 76.2 Å². The van der Waals surface area contributed by atoms with Crippen molar-refractivity contribution in [1.82, 2.24) is 0 Å². The van der Waals surface area contributed by atoms with Crippen LogP contribution in [0.15, 0.2) is 36.2 Å². The van der Waals surface area contributed by atoms with Gasteiger partial charge >= 0.3 is 0 Å². The number of hydrogen-bond acceptors (Lipinski definition) is 0. The molecule has 0 amide bonds. The second-order valence-corrected chi connectivity index (χ2v) is 14.0. The smallest absolute Gasteiger partial charge is 0.171 e. The Bertz CT molecular complexity index is 898. The molecule has 0 unspecified atom stereocenters. The van der Waals surface area contributed by atoms with E-state index < -0.39 is 0 Å². The zero-order valence-electron chi connectivity index (χ0n) is 23.2. The summed E-state index contributed by atoms with van der Waals surface area (Å²) in [5.74, 6) is 5.60. The summed E-state index contributed by atoms with van der Waals surface area (Å²) in [5.41, 5.74) is 4.27. The van der Waals surface area contributed by atoms with Crippen molar-refractivity contribution in [2.75, 3.05) is 0 Å². The van der Waals surface area contributed by atoms with Gasteiger partial charge in [-0.3, -0.25) is 0 Å². The standard InChI is InChI=1S/C33H52N/c1-23(2)9-7-11-25(4)29-14-15-30-28-13-12-26-21-27(34-20-8-10-24(3)22-34)16-18-32(26,5)31(28)17-19-33(29,30)6/h8,10,12,20,22-23,25,27-31H,7,9,11,13-19,21H2,1-6H3/q+1/t25-,27-,28-,29+,30-,31-,32-,33+/m0/s1. The Kier molecular flexibility index (Phi) is 6.80. The van der Waals surface area contributed by atoms with E-state index in [0.717, 1.165) is 35.5 Å². The van der Waals surface area contributed by atoms with Crippen molar-refractivity contribution < 1.29 is 4.57 Å². The molecule has 1 nitrogen and oxygen atoms in total. The molecule has 8 atom stereocenters. The van der Waals surface area contributed by atoms with Crippen LogP contribution < -0.4 is 4.57 Å². The van der Waals surface area contributed by atoms with Gasteiger partial charge in [0.05, 0.1) is 0 Å². The summed E-state index contributed by atoms with van der Waals surface area (Å²) in [6, 6.07) is 5.12. The first-order valence-electron chi connectivity index (χ1n) is 14.9. The predicted molar refractivity (Wildman–Crippen MR) is 143 cm³/mol. The van der Waals surface area contributed by atoms with E-state index in [4.69, 9.17) is 0 Å². The maximum Gasteiger partial charge on any atom is 0.171 e. The lowest BCUT2D eigenvalue weighted by Gasteiger charge is -2.58. The second-order valence-electron chi connectivity index (χ2n) is 14.0. The van der Waals surface area contributed by atoms with Crippen LogP contribution in [0.25, 0.3) is 0 Å². The van der Waals surface area contributed by atoms with E-state index in [2.05, 4.69) is 76.7 Å². The van der Waals surface area contributed by atoms with Gasteiger partial charge in [-0.05, 0) is 97.9 Å². The number of rotatable bonds is 6. The summed E-state index contributed by atoms with van der Waals surface area (Å²) < 4.78 is 2.52. The highest BCUT2D eigenvalue weighted by Gasteiger charge is 2.59. The van der Waals surface area contributed by atoms with Crippen molar-refractivity contribution in [2.24, 2.45) is 46.3 Å². The van der Waals surface area contributed by atoms with Crippen LogP contribution in [-0.4, -0.2) is 0 Å². The Morgan fingerprint density at radius 1 is 1.00 bits per heavy atom. The van der Waals surface area contributed by atoms with Crippen molar-refractivity contribution >= 4 is 0 Å². The largest absolute Gasteiger partial charge is 0.202 e. The molecule has 1 heteroatoms. The molecule has 0 spiro atoms. The molecule has 0 aromatic carbocycles. The average Bonchev–Trinajstić information content (AvgIpc) is 3.15. The number of allylic oxidation sites excluding steroid dienone is 2. The molecule has 0 aliphatic heterocycles. The van der Waals surface area contributed by atoms with Crippen molar-refractivity contribution in [3.05, 3.63) is 41.7 Å². The van der Waals surface area contributed by atoms with Gasteiger partial charge in [0.15, 0.2) is 18.4 Å². The van der Waals surface area contributed by atoms with Crippen LogP contribution in [0.3, 0.4) is 0 Å². The lowest BCUT2D eigenvalue weighted by atomic mass is 9.47. The van der Waals surface area contributed by atoms with E-state index in [0.29, 0.717) is 16.9 Å². The van der Waals surface area contributed by atoms with Gasteiger partial charge in [-0.2, -0.15) is 0 Å². The van der Waals surface area contributed by atoms with Gasteiger partial charge in [-0.1, -0.05) is 65.5 Å². The Hall–Kier alpha value is -1.11. The molecule has 3 fully saturated rings. The van der Waals surface area contributed by atoms with Crippen LogP contribution in [-0.2, 0) is 0 Å². The first-order valence-corrected chi connectivity index (χ1v) is 14.9. The molecule has 0 bridgehead atoms. The van der Waals surface area contributed by atoms with Crippen LogP contribution in [0.1, 0.15) is 117 Å². The summed E-state index contributed by atoms with van der Waals surface area (Å²) in [4.78, 5) is 0. The third-order valence-corrected chi connectivity index (χ3v) is 11.7. The van der Waals surface area contributed by atoms with Crippen LogP contribution in [0, 0.1) is 53.3 Å². The van der Waals surface area contributed by atoms with Gasteiger partial charge in [0.1, 0.15) is 0 Å². The summed E-state index contributed by atoms with van der Waals surface area (Å²) in [6.45, 7) is 15.0. The Morgan fingerprint density at radius 3 is 2.59 bits per heavy atom. The Morgan fingerprint density at radius 2 is 1.82 bits per heavy atom. The van der Waals surface area contributed by atoms with Gasteiger partial charge in [-0.15, -0.1) is 0 Å². The molecule has 5 rings (SSSR count). The maximum atomic E-state index is 2.76. The van der Waals surface area contributed by atoms with Crippen molar-refractivity contribution in [3.63, 3.8) is 0 Å². The Balaban J connectivity index is 1.31. The molecule has 1 aromatic rings. The average molecular weight is 463 g/mol. The van der Waals surface area contributed by atoms with Gasteiger partial charge in [0, 0.05) is 24.5 Å². The first kappa shape index (κ1) is 24.6. The van der Waals surface area contributed by atoms with Crippen LogP contribution in [0.4, 0.5) is 0 Å². The van der Waals surface area contributed by atoms with E-state index in [1.54, 1.807) is 0 Å². The van der Waals surface area contributed by atoms with Gasteiger partial charge < -0.3 is 0 Å². The number of nitrogens with zero attached hydrogens (tertiary/aromatic N) is 1. The third-order valence-electron chi connectivity index (χ3n) is 11.7. The first-order chi connectivity index (χ1) is 16.2. The van der Waals surface area contributed by atoms with Gasteiger partial charge in [-0.25, -0.2) is 4.57 Å². The minimum absolute atomic E-state index is 0.464. The molecule has 0 N–H and O–H groups in total. The quantitative estimate of drug-likeness (QED) is 0.293.